The van der Waals surface area contributed by atoms with E-state index in [1.165, 1.54) is 0 Å². The molecule has 1 rings (SSSR count). The highest BCUT2D eigenvalue weighted by atomic mass is 16.3. The fraction of sp³-hybridized carbons (Fsp3) is 0.385. The van der Waals surface area contributed by atoms with Crippen LogP contribution in [-0.2, 0) is 0 Å². The van der Waals surface area contributed by atoms with E-state index in [1.54, 1.807) is 12.1 Å². The fourth-order valence-electron chi connectivity index (χ4n) is 1.45. The van der Waals surface area contributed by atoms with Crippen LogP contribution in [0.15, 0.2) is 24.3 Å². The van der Waals surface area contributed by atoms with Crippen LogP contribution >= 0.6 is 0 Å². The lowest BCUT2D eigenvalue weighted by Gasteiger charge is -2.15. The first-order valence-electron chi connectivity index (χ1n) is 4.86. The van der Waals surface area contributed by atoms with Crippen molar-refractivity contribution in [3.8, 4) is 17.6 Å². The van der Waals surface area contributed by atoms with E-state index in [9.17, 15) is 5.11 Å². The molecule has 0 aromatic heterocycles. The molecular formula is C13H16O. The topological polar surface area (TPSA) is 20.2 Å². The van der Waals surface area contributed by atoms with E-state index in [-0.39, 0.29) is 0 Å². The maximum Gasteiger partial charge on any atom is 0.115 e. The summed E-state index contributed by atoms with van der Waals surface area (Å²) in [5.41, 5.74) is 1.14. The molecule has 0 aliphatic rings. The van der Waals surface area contributed by atoms with Crippen molar-refractivity contribution in [2.75, 3.05) is 0 Å². The van der Waals surface area contributed by atoms with Crippen LogP contribution in [0.2, 0.25) is 0 Å². The zero-order chi connectivity index (χ0) is 10.6. The van der Waals surface area contributed by atoms with Gasteiger partial charge in [-0.25, -0.2) is 0 Å². The van der Waals surface area contributed by atoms with Crippen molar-refractivity contribution in [3.63, 3.8) is 0 Å². The molecule has 0 bridgehead atoms. The second-order valence-corrected chi connectivity index (χ2v) is 3.57. The molecule has 1 nitrogen and oxygen atoms in total. The molecule has 0 aliphatic heterocycles. The molecule has 1 heteroatoms. The van der Waals surface area contributed by atoms with E-state index in [2.05, 4.69) is 25.7 Å². The van der Waals surface area contributed by atoms with Gasteiger partial charge in [-0.2, -0.15) is 0 Å². The molecule has 14 heavy (non-hydrogen) atoms. The van der Waals surface area contributed by atoms with Gasteiger partial charge in [0.25, 0.3) is 0 Å². The smallest absolute Gasteiger partial charge is 0.115 e. The lowest BCUT2D eigenvalue weighted by atomic mass is 9.89. The Morgan fingerprint density at radius 2 is 2.00 bits per heavy atom. The van der Waals surface area contributed by atoms with E-state index >= 15 is 0 Å². The molecule has 74 valence electrons. The predicted octanol–water partition coefficient (Wildman–Crippen LogP) is 3.16. The number of benzene rings is 1. The molecule has 0 saturated carbocycles. The first-order chi connectivity index (χ1) is 6.65. The van der Waals surface area contributed by atoms with Crippen LogP contribution in [0.5, 0.6) is 5.75 Å². The van der Waals surface area contributed by atoms with Gasteiger partial charge in [0.05, 0.1) is 0 Å². The summed E-state index contributed by atoms with van der Waals surface area (Å²) in [6, 6.07) is 7.39. The van der Waals surface area contributed by atoms with Gasteiger partial charge in [0.2, 0.25) is 0 Å². The Bertz CT molecular complexity index is 357. The summed E-state index contributed by atoms with van der Waals surface area (Å²) in [6.45, 7) is 6.08. The Morgan fingerprint density at radius 1 is 1.29 bits per heavy atom. The molecule has 1 aromatic rings. The summed E-state index contributed by atoms with van der Waals surface area (Å²) in [5, 5.41) is 9.34. The second kappa shape index (κ2) is 4.72. The molecule has 2 unspecified atom stereocenters. The first-order valence-corrected chi connectivity index (χ1v) is 4.86. The Kier molecular flexibility index (Phi) is 3.59. The first kappa shape index (κ1) is 10.7. The van der Waals surface area contributed by atoms with Gasteiger partial charge in [-0.15, -0.1) is 5.92 Å². The molecular weight excluding hydrogens is 172 g/mol. The predicted molar refractivity (Wildman–Crippen MR) is 59.1 cm³/mol. The quantitative estimate of drug-likeness (QED) is 0.707. The number of hydrogen-bond donors (Lipinski definition) is 1. The molecule has 1 aromatic carbocycles. The monoisotopic (exact) mass is 188 g/mol. The van der Waals surface area contributed by atoms with E-state index in [1.807, 2.05) is 19.1 Å². The van der Waals surface area contributed by atoms with Crippen molar-refractivity contribution in [1.82, 2.24) is 0 Å². The molecule has 0 fully saturated rings. The number of aromatic hydroxyl groups is 1. The van der Waals surface area contributed by atoms with Crippen molar-refractivity contribution >= 4 is 0 Å². The molecule has 0 aliphatic carbocycles. The van der Waals surface area contributed by atoms with Gasteiger partial charge in [-0.05, 0) is 30.5 Å². The molecule has 0 saturated heterocycles. The lowest BCUT2D eigenvalue weighted by molar-refractivity contribution is 0.472. The van der Waals surface area contributed by atoms with Crippen molar-refractivity contribution in [1.29, 1.82) is 0 Å². The van der Waals surface area contributed by atoms with Crippen molar-refractivity contribution in [2.24, 2.45) is 5.92 Å². The van der Waals surface area contributed by atoms with E-state index in [0.29, 0.717) is 17.6 Å². The van der Waals surface area contributed by atoms with Crippen molar-refractivity contribution in [2.45, 2.75) is 26.7 Å². The average molecular weight is 188 g/mol. The van der Waals surface area contributed by atoms with Gasteiger partial charge in [-0.3, -0.25) is 0 Å². The second-order valence-electron chi connectivity index (χ2n) is 3.57. The maximum atomic E-state index is 9.34. The van der Waals surface area contributed by atoms with Gasteiger partial charge in [0.1, 0.15) is 5.75 Å². The van der Waals surface area contributed by atoms with Crippen LogP contribution < -0.4 is 0 Å². The maximum absolute atomic E-state index is 9.34. The number of phenolic OH excluding ortho intramolecular Hbond substituents is 1. The van der Waals surface area contributed by atoms with Gasteiger partial charge in [0.15, 0.2) is 0 Å². The minimum atomic E-state index is 0.321. The van der Waals surface area contributed by atoms with Crippen LogP contribution in [0.1, 0.15) is 32.3 Å². The number of rotatable bonds is 2. The Hall–Kier alpha value is -1.42. The largest absolute Gasteiger partial charge is 0.508 e. The van der Waals surface area contributed by atoms with Crippen molar-refractivity contribution < 1.29 is 5.11 Å². The minimum Gasteiger partial charge on any atom is -0.508 e. The molecule has 0 amide bonds. The molecule has 1 N–H and O–H groups in total. The van der Waals surface area contributed by atoms with Crippen LogP contribution in [0.4, 0.5) is 0 Å². The van der Waals surface area contributed by atoms with E-state index in [4.69, 9.17) is 0 Å². The average Bonchev–Trinajstić information content (AvgIpc) is 2.17. The van der Waals surface area contributed by atoms with Crippen LogP contribution in [0, 0.1) is 17.8 Å². The van der Waals surface area contributed by atoms with Crippen LogP contribution in [0.25, 0.3) is 0 Å². The minimum absolute atomic E-state index is 0.321. The third-order valence-electron chi connectivity index (χ3n) is 2.52. The Labute approximate surface area is 85.8 Å². The van der Waals surface area contributed by atoms with Gasteiger partial charge in [-0.1, -0.05) is 31.9 Å². The molecule has 0 spiro atoms. The summed E-state index contributed by atoms with van der Waals surface area (Å²) in [5.74, 6) is 7.05. The molecule has 0 radical (unpaired) electrons. The molecule has 0 heterocycles. The highest BCUT2D eigenvalue weighted by molar-refractivity contribution is 5.30. The summed E-state index contributed by atoms with van der Waals surface area (Å²) < 4.78 is 0. The SMILES string of the molecule is CC#CC(C)C(C)c1cccc(O)c1. The number of hydrogen-bond acceptors (Lipinski definition) is 1. The third-order valence-corrected chi connectivity index (χ3v) is 2.52. The van der Waals surface area contributed by atoms with Gasteiger partial charge < -0.3 is 5.11 Å². The van der Waals surface area contributed by atoms with Gasteiger partial charge in [0, 0.05) is 5.92 Å². The Morgan fingerprint density at radius 3 is 2.57 bits per heavy atom. The van der Waals surface area contributed by atoms with Crippen LogP contribution in [-0.4, -0.2) is 5.11 Å². The van der Waals surface area contributed by atoms with Crippen molar-refractivity contribution in [3.05, 3.63) is 29.8 Å². The standard InChI is InChI=1S/C13H16O/c1-4-6-10(2)11(3)12-7-5-8-13(14)9-12/h5,7-11,14H,1-3H3. The zero-order valence-electron chi connectivity index (χ0n) is 8.91. The lowest BCUT2D eigenvalue weighted by Crippen LogP contribution is -2.03. The summed E-state index contributed by atoms with van der Waals surface area (Å²) in [7, 11) is 0. The van der Waals surface area contributed by atoms with E-state index < -0.39 is 0 Å². The highest BCUT2D eigenvalue weighted by Crippen LogP contribution is 2.25. The highest BCUT2D eigenvalue weighted by Gasteiger charge is 2.11. The number of phenols is 1. The Balaban J connectivity index is 2.87. The van der Waals surface area contributed by atoms with E-state index in [0.717, 1.165) is 5.56 Å². The van der Waals surface area contributed by atoms with Gasteiger partial charge >= 0.3 is 0 Å². The zero-order valence-corrected chi connectivity index (χ0v) is 8.91. The summed E-state index contributed by atoms with van der Waals surface area (Å²) in [4.78, 5) is 0. The van der Waals surface area contributed by atoms with Crippen LogP contribution in [0.3, 0.4) is 0 Å². The fourth-order valence-corrected chi connectivity index (χ4v) is 1.45. The third kappa shape index (κ3) is 2.53. The summed E-state index contributed by atoms with van der Waals surface area (Å²) >= 11 is 0. The normalized spacial score (nSPS) is 13.9. The summed E-state index contributed by atoms with van der Waals surface area (Å²) in [6.07, 6.45) is 0. The molecule has 2 atom stereocenters.